The minimum Gasteiger partial charge on any atom is -0.481 e. The van der Waals surface area contributed by atoms with Crippen LogP contribution in [0.2, 0.25) is 0 Å². The fourth-order valence-electron chi connectivity index (χ4n) is 3.69. The number of carboxylic acids is 2. The van der Waals surface area contributed by atoms with E-state index in [2.05, 4.69) is 4.98 Å². The summed E-state index contributed by atoms with van der Waals surface area (Å²) in [5.41, 5.74) is 5.32. The fourth-order valence-corrected chi connectivity index (χ4v) is 3.69. The molecule has 11 heteroatoms. The Morgan fingerprint density at radius 2 is 1.90 bits per heavy atom. The van der Waals surface area contributed by atoms with E-state index in [-0.39, 0.29) is 40.4 Å². The van der Waals surface area contributed by atoms with E-state index in [4.69, 9.17) is 20.4 Å². The topological polar surface area (TPSA) is 148 Å². The van der Waals surface area contributed by atoms with E-state index in [1.807, 2.05) is 6.92 Å². The first-order valence-corrected chi connectivity index (χ1v) is 9.78. The second-order valence-corrected chi connectivity index (χ2v) is 7.91. The van der Waals surface area contributed by atoms with Crippen molar-refractivity contribution in [1.82, 2.24) is 9.55 Å². The highest BCUT2D eigenvalue weighted by Gasteiger charge is 2.32. The number of anilines is 1. The van der Waals surface area contributed by atoms with Gasteiger partial charge >= 0.3 is 5.97 Å². The van der Waals surface area contributed by atoms with Crippen molar-refractivity contribution in [3.63, 3.8) is 0 Å². The van der Waals surface area contributed by atoms with Crippen molar-refractivity contribution >= 4 is 28.8 Å². The van der Waals surface area contributed by atoms with Gasteiger partial charge in [-0.1, -0.05) is 6.92 Å². The predicted molar refractivity (Wildman–Crippen MR) is 110 cm³/mol. The summed E-state index contributed by atoms with van der Waals surface area (Å²) < 4.78 is 21.9. The number of hydrogen-bond donors (Lipinski definition) is 3. The Bertz CT molecular complexity index is 1080. The molecule has 0 aromatic carbocycles. The molecule has 0 aliphatic carbocycles. The van der Waals surface area contributed by atoms with E-state index in [1.165, 1.54) is 13.1 Å². The number of pyridine rings is 2. The molecule has 0 spiro atoms. The van der Waals surface area contributed by atoms with Crippen LogP contribution >= 0.6 is 0 Å². The summed E-state index contributed by atoms with van der Waals surface area (Å²) in [6, 6.07) is -0.227. The summed E-state index contributed by atoms with van der Waals surface area (Å²) >= 11 is 0. The summed E-state index contributed by atoms with van der Waals surface area (Å²) in [5, 5.41) is 16.8. The van der Waals surface area contributed by atoms with Gasteiger partial charge in [0.25, 0.3) is 5.97 Å². The first-order valence-electron chi connectivity index (χ1n) is 9.78. The number of rotatable bonds is 3. The molecule has 2 aliphatic rings. The van der Waals surface area contributed by atoms with E-state index in [1.54, 1.807) is 9.47 Å². The average molecular weight is 436 g/mol. The fraction of sp³-hybridized carbons (Fsp3) is 0.500. The second-order valence-electron chi connectivity index (χ2n) is 7.91. The van der Waals surface area contributed by atoms with Gasteiger partial charge in [0.1, 0.15) is 11.2 Å². The van der Waals surface area contributed by atoms with Gasteiger partial charge in [-0.05, 0) is 12.8 Å². The van der Waals surface area contributed by atoms with Crippen LogP contribution in [0.25, 0.3) is 11.0 Å². The Balaban J connectivity index is 0.000000628. The van der Waals surface area contributed by atoms with Crippen LogP contribution in [-0.4, -0.2) is 64.0 Å². The van der Waals surface area contributed by atoms with E-state index in [0.717, 1.165) is 6.92 Å². The van der Waals surface area contributed by atoms with Crippen molar-refractivity contribution in [2.45, 2.75) is 32.9 Å². The molecule has 4 rings (SSSR count). The molecular formula is C20H25FN4O6. The highest BCUT2D eigenvalue weighted by Crippen LogP contribution is 2.31. The zero-order valence-electron chi connectivity index (χ0n) is 17.5. The van der Waals surface area contributed by atoms with Gasteiger partial charge in [0.15, 0.2) is 11.6 Å². The smallest absolute Gasteiger partial charge is 0.341 e. The molecule has 4 N–H and O–H groups in total. The number of aryl methyl sites for hydroxylation is 1. The zero-order valence-corrected chi connectivity index (χ0v) is 17.5. The lowest BCUT2D eigenvalue weighted by Crippen LogP contribution is -2.34. The number of aromatic nitrogens is 2. The molecule has 2 atom stereocenters. The summed E-state index contributed by atoms with van der Waals surface area (Å²) in [7, 11) is 0. The Labute approximate surface area is 177 Å². The molecule has 0 saturated carbocycles. The number of carbonyl (C=O) groups is 2. The molecule has 10 nitrogen and oxygen atoms in total. The molecule has 31 heavy (non-hydrogen) atoms. The minimum absolute atomic E-state index is 0.000376. The van der Waals surface area contributed by atoms with Gasteiger partial charge in [0.2, 0.25) is 5.43 Å². The van der Waals surface area contributed by atoms with E-state index in [0.29, 0.717) is 26.3 Å². The Morgan fingerprint density at radius 3 is 2.35 bits per heavy atom. The van der Waals surface area contributed by atoms with Crippen molar-refractivity contribution in [3.05, 3.63) is 33.4 Å². The van der Waals surface area contributed by atoms with Crippen molar-refractivity contribution in [3.8, 4) is 0 Å². The number of aromatic carboxylic acids is 1. The van der Waals surface area contributed by atoms with Crippen LogP contribution in [0.3, 0.4) is 0 Å². The number of halogens is 1. The maximum atomic E-state index is 15.1. The van der Waals surface area contributed by atoms with Crippen LogP contribution in [0.4, 0.5) is 10.2 Å². The van der Waals surface area contributed by atoms with Crippen LogP contribution in [0.1, 0.15) is 35.8 Å². The Hall–Kier alpha value is -3.05. The number of nitrogens with zero attached hydrogens (tertiary/aromatic N) is 3. The number of ether oxygens (including phenoxy) is 1. The van der Waals surface area contributed by atoms with E-state index < -0.39 is 28.7 Å². The third-order valence-corrected chi connectivity index (χ3v) is 5.53. The molecular weight excluding hydrogens is 411 g/mol. The first kappa shape index (κ1) is 22.6. The third kappa shape index (κ3) is 4.23. The van der Waals surface area contributed by atoms with Crippen LogP contribution in [0.5, 0.6) is 0 Å². The van der Waals surface area contributed by atoms with Gasteiger partial charge in [0, 0.05) is 37.8 Å². The van der Waals surface area contributed by atoms with Gasteiger partial charge in [-0.25, -0.2) is 14.2 Å². The van der Waals surface area contributed by atoms with E-state index in [9.17, 15) is 14.7 Å². The number of hydrogen-bond acceptors (Lipinski definition) is 7. The number of nitrogens with two attached hydrogens (primary N) is 1. The van der Waals surface area contributed by atoms with Gasteiger partial charge in [-0.3, -0.25) is 9.59 Å². The lowest BCUT2D eigenvalue weighted by Gasteiger charge is -2.30. The van der Waals surface area contributed by atoms with Crippen LogP contribution in [-0.2, 0) is 9.53 Å². The van der Waals surface area contributed by atoms with Gasteiger partial charge in [-0.2, -0.15) is 0 Å². The zero-order chi connectivity index (χ0) is 23.0. The van der Waals surface area contributed by atoms with Crippen molar-refractivity contribution in [2.75, 3.05) is 31.2 Å². The average Bonchev–Trinajstić information content (AvgIpc) is 2.96. The summed E-state index contributed by atoms with van der Waals surface area (Å²) in [6.45, 7) is 6.38. The quantitative estimate of drug-likeness (QED) is 0.640. The molecule has 0 amide bonds. The second kappa shape index (κ2) is 8.60. The van der Waals surface area contributed by atoms with Crippen molar-refractivity contribution < 1.29 is 28.9 Å². The Morgan fingerprint density at radius 1 is 1.29 bits per heavy atom. The number of aliphatic carboxylic acids is 1. The molecule has 0 bridgehead atoms. The van der Waals surface area contributed by atoms with Gasteiger partial charge in [-0.15, -0.1) is 0 Å². The standard InChI is InChI=1S/C18H21FN4O4.C2H4O2/c1-8-3-22(5-12(8)20)17-14(19)9(2)13-15(24)11(18(25)26)4-23(16(13)21-17)10-6-27-7-10;1-2(3)4/h4,8,10,12H,3,5-7,20H2,1-2H3,(H,25,26);1H3,(H,3,4)/t8-,12+;/m0./s1. The summed E-state index contributed by atoms with van der Waals surface area (Å²) in [5.74, 6) is -2.45. The molecule has 2 saturated heterocycles. The molecule has 2 aromatic heterocycles. The molecule has 4 heterocycles. The summed E-state index contributed by atoms with van der Waals surface area (Å²) in [4.78, 5) is 39.5. The third-order valence-electron chi connectivity index (χ3n) is 5.53. The van der Waals surface area contributed by atoms with Crippen molar-refractivity contribution in [1.29, 1.82) is 0 Å². The first-order chi connectivity index (χ1) is 14.5. The minimum atomic E-state index is -1.35. The lowest BCUT2D eigenvalue weighted by molar-refractivity contribution is -0.134. The lowest BCUT2D eigenvalue weighted by atomic mass is 10.1. The predicted octanol–water partition coefficient (Wildman–Crippen LogP) is 0.988. The number of carboxylic acid groups (broad SMARTS) is 2. The van der Waals surface area contributed by atoms with Crippen LogP contribution in [0, 0.1) is 18.7 Å². The number of fused-ring (bicyclic) bond motifs is 1. The SMILES string of the molecule is CC(=O)O.Cc1c(F)c(N2C[C@@H](N)[C@@H](C)C2)nc2c1c(=O)c(C(=O)O)cn2C1COC1. The Kier molecular flexibility index (Phi) is 6.27. The maximum absolute atomic E-state index is 15.1. The molecule has 2 aliphatic heterocycles. The monoisotopic (exact) mass is 436 g/mol. The van der Waals surface area contributed by atoms with Crippen LogP contribution < -0.4 is 16.1 Å². The van der Waals surface area contributed by atoms with Crippen molar-refractivity contribution in [2.24, 2.45) is 11.7 Å². The highest BCUT2D eigenvalue weighted by molar-refractivity contribution is 5.93. The molecule has 2 aromatic rings. The maximum Gasteiger partial charge on any atom is 0.341 e. The van der Waals surface area contributed by atoms with E-state index >= 15 is 4.39 Å². The molecule has 0 unspecified atom stereocenters. The van der Waals surface area contributed by atoms with Gasteiger partial charge in [0.05, 0.1) is 24.6 Å². The summed E-state index contributed by atoms with van der Waals surface area (Å²) in [6.07, 6.45) is 1.28. The van der Waals surface area contributed by atoms with Crippen LogP contribution in [0.15, 0.2) is 11.0 Å². The molecule has 2 fully saturated rings. The normalized spacial score (nSPS) is 20.9. The molecule has 168 valence electrons. The highest BCUT2D eigenvalue weighted by atomic mass is 19.1. The largest absolute Gasteiger partial charge is 0.481 e. The molecule has 0 radical (unpaired) electrons. The van der Waals surface area contributed by atoms with Gasteiger partial charge < -0.3 is 30.2 Å².